The van der Waals surface area contributed by atoms with Crippen LogP contribution in [0, 0.1) is 0 Å². The highest BCUT2D eigenvalue weighted by Gasteiger charge is 2.12. The molecule has 0 heterocycles. The molecule has 0 aromatic rings. The van der Waals surface area contributed by atoms with E-state index in [1.54, 1.807) is 0 Å². The van der Waals surface area contributed by atoms with Gasteiger partial charge in [0.25, 0.3) is 0 Å². The van der Waals surface area contributed by atoms with Gasteiger partial charge in [-0.1, -0.05) is 26.7 Å². The van der Waals surface area contributed by atoms with Gasteiger partial charge in [0.15, 0.2) is 5.70 Å². The first-order chi connectivity index (χ1) is 6.79. The lowest BCUT2D eigenvalue weighted by Gasteiger charge is -2.17. The minimum Gasteiger partial charge on any atom is -0.300 e. The van der Waals surface area contributed by atoms with Crippen molar-refractivity contribution in [2.45, 2.75) is 46.5 Å². The first-order valence-electron chi connectivity index (χ1n) is 5.76. The van der Waals surface area contributed by atoms with Crippen LogP contribution in [-0.4, -0.2) is 19.4 Å². The summed E-state index contributed by atoms with van der Waals surface area (Å²) < 4.78 is 0. The molecule has 82 valence electrons. The number of unbranched alkanes of at least 4 members (excludes halogenated alkanes) is 2. The molecule has 0 amide bonds. The second-order valence-corrected chi connectivity index (χ2v) is 3.67. The van der Waals surface area contributed by atoms with Gasteiger partial charge in [-0.25, -0.2) is 0 Å². The van der Waals surface area contributed by atoms with Crippen molar-refractivity contribution in [1.82, 2.24) is 0 Å². The zero-order valence-electron chi connectivity index (χ0n) is 9.81. The van der Waals surface area contributed by atoms with Crippen molar-refractivity contribution in [2.75, 3.05) is 13.1 Å². The number of rotatable bonds is 8. The Bertz CT molecular complexity index is 167. The fraction of sp³-hybridized carbons (Fsp3) is 0.750. The monoisotopic (exact) mass is 198 g/mol. The molecule has 0 aromatic heterocycles. The molecule has 2 heteroatoms. The lowest BCUT2D eigenvalue weighted by Crippen LogP contribution is -3.10. The molecular weight excluding hydrogens is 174 g/mol. The van der Waals surface area contributed by atoms with Crippen molar-refractivity contribution in [3.8, 4) is 0 Å². The fourth-order valence-electron chi connectivity index (χ4n) is 1.55. The number of allylic oxidation sites excluding steroid dienone is 2. The molecule has 0 aromatic carbocycles. The summed E-state index contributed by atoms with van der Waals surface area (Å²) in [4.78, 5) is 12.2. The zero-order chi connectivity index (χ0) is 10.8. The van der Waals surface area contributed by atoms with Gasteiger partial charge in [0.2, 0.25) is 6.29 Å². The highest BCUT2D eigenvalue weighted by atomic mass is 16.1. The van der Waals surface area contributed by atoms with Crippen molar-refractivity contribution in [1.29, 1.82) is 0 Å². The van der Waals surface area contributed by atoms with Crippen LogP contribution in [0.1, 0.15) is 46.5 Å². The standard InChI is InChI=1S/C12H23NO/c1-4-7-9-13(10-8-5-2)12(6-3)11-14/h6,11H,4-5,7-10H2,1-3H3/p+1/b12-6-. The summed E-state index contributed by atoms with van der Waals surface area (Å²) in [5.74, 6) is 0. The van der Waals surface area contributed by atoms with Crippen LogP contribution in [-0.2, 0) is 4.79 Å². The van der Waals surface area contributed by atoms with Gasteiger partial charge >= 0.3 is 0 Å². The van der Waals surface area contributed by atoms with Crippen LogP contribution >= 0.6 is 0 Å². The van der Waals surface area contributed by atoms with E-state index < -0.39 is 0 Å². The Hall–Kier alpha value is -0.630. The number of nitrogens with one attached hydrogen (secondary N) is 1. The average Bonchev–Trinajstić information content (AvgIpc) is 2.22. The van der Waals surface area contributed by atoms with Gasteiger partial charge in [-0.3, -0.25) is 9.69 Å². The summed E-state index contributed by atoms with van der Waals surface area (Å²) in [6, 6.07) is 0. The number of quaternary nitrogens is 1. The number of carbonyl (C=O) groups is 1. The number of hydrogen-bond acceptors (Lipinski definition) is 1. The van der Waals surface area contributed by atoms with E-state index in [9.17, 15) is 4.79 Å². The van der Waals surface area contributed by atoms with E-state index in [-0.39, 0.29) is 0 Å². The van der Waals surface area contributed by atoms with E-state index in [0.29, 0.717) is 0 Å². The minimum absolute atomic E-state index is 0.923. The van der Waals surface area contributed by atoms with Gasteiger partial charge in [0, 0.05) is 0 Å². The average molecular weight is 198 g/mol. The van der Waals surface area contributed by atoms with Crippen LogP contribution < -0.4 is 4.90 Å². The van der Waals surface area contributed by atoms with Gasteiger partial charge in [0.1, 0.15) is 0 Å². The number of carbonyl (C=O) groups excluding carboxylic acids is 1. The Labute approximate surface area is 88.0 Å². The van der Waals surface area contributed by atoms with Gasteiger partial charge in [-0.15, -0.1) is 0 Å². The van der Waals surface area contributed by atoms with Crippen LogP contribution in [0.5, 0.6) is 0 Å². The third-order valence-electron chi connectivity index (χ3n) is 2.51. The maximum atomic E-state index is 10.8. The Morgan fingerprint density at radius 1 is 1.14 bits per heavy atom. The van der Waals surface area contributed by atoms with Crippen LogP contribution in [0.2, 0.25) is 0 Å². The maximum absolute atomic E-state index is 10.8. The van der Waals surface area contributed by atoms with Crippen molar-refractivity contribution in [3.63, 3.8) is 0 Å². The minimum atomic E-state index is 0.923. The molecule has 1 N–H and O–H groups in total. The van der Waals surface area contributed by atoms with E-state index in [2.05, 4.69) is 13.8 Å². The van der Waals surface area contributed by atoms with Gasteiger partial charge < -0.3 is 0 Å². The fourth-order valence-corrected chi connectivity index (χ4v) is 1.55. The highest BCUT2D eigenvalue weighted by molar-refractivity contribution is 5.69. The number of aldehydes is 1. The lowest BCUT2D eigenvalue weighted by molar-refractivity contribution is -0.856. The molecule has 0 spiro atoms. The SMILES string of the molecule is C/C=C(/C=O)[NH+](CCCC)CCCC. The Balaban J connectivity index is 4.13. The summed E-state index contributed by atoms with van der Waals surface area (Å²) in [7, 11) is 0. The Morgan fingerprint density at radius 2 is 1.64 bits per heavy atom. The topological polar surface area (TPSA) is 21.5 Å². The zero-order valence-corrected chi connectivity index (χ0v) is 9.81. The molecule has 2 nitrogen and oxygen atoms in total. The van der Waals surface area contributed by atoms with E-state index in [4.69, 9.17) is 0 Å². The molecule has 0 rings (SSSR count). The predicted octanol–water partition coefficient (Wildman–Crippen LogP) is 1.57. The van der Waals surface area contributed by atoms with E-state index in [1.807, 2.05) is 13.0 Å². The third-order valence-corrected chi connectivity index (χ3v) is 2.51. The second-order valence-electron chi connectivity index (χ2n) is 3.67. The maximum Gasteiger partial charge on any atom is 0.202 e. The van der Waals surface area contributed by atoms with Crippen molar-refractivity contribution < 1.29 is 9.69 Å². The molecule has 0 saturated carbocycles. The van der Waals surface area contributed by atoms with E-state index in [1.165, 1.54) is 30.6 Å². The first kappa shape index (κ1) is 13.4. The Morgan fingerprint density at radius 3 is 1.93 bits per heavy atom. The van der Waals surface area contributed by atoms with E-state index >= 15 is 0 Å². The summed E-state index contributed by atoms with van der Waals surface area (Å²) in [6.45, 7) is 8.51. The van der Waals surface area contributed by atoms with Crippen molar-refractivity contribution in [2.24, 2.45) is 0 Å². The smallest absolute Gasteiger partial charge is 0.202 e. The molecule has 0 aliphatic carbocycles. The van der Waals surface area contributed by atoms with Crippen LogP contribution in [0.15, 0.2) is 11.8 Å². The van der Waals surface area contributed by atoms with Gasteiger partial charge in [-0.05, 0) is 25.8 Å². The van der Waals surface area contributed by atoms with Crippen LogP contribution in [0.4, 0.5) is 0 Å². The summed E-state index contributed by atoms with van der Waals surface area (Å²) in [5.41, 5.74) is 0.923. The summed E-state index contributed by atoms with van der Waals surface area (Å²) in [6.07, 6.45) is 7.74. The normalized spacial score (nSPS) is 12.1. The second kappa shape index (κ2) is 8.95. The van der Waals surface area contributed by atoms with E-state index in [0.717, 1.165) is 25.1 Å². The van der Waals surface area contributed by atoms with Crippen LogP contribution in [0.25, 0.3) is 0 Å². The lowest BCUT2D eigenvalue weighted by atomic mass is 10.2. The molecule has 0 aliphatic rings. The highest BCUT2D eigenvalue weighted by Crippen LogP contribution is 1.86. The summed E-state index contributed by atoms with van der Waals surface area (Å²) in [5, 5.41) is 0. The molecule has 0 fully saturated rings. The first-order valence-corrected chi connectivity index (χ1v) is 5.76. The van der Waals surface area contributed by atoms with Crippen molar-refractivity contribution in [3.05, 3.63) is 11.8 Å². The Kier molecular flexibility index (Phi) is 8.54. The molecule has 0 saturated heterocycles. The quantitative estimate of drug-likeness (QED) is 0.464. The van der Waals surface area contributed by atoms with Crippen molar-refractivity contribution >= 4 is 6.29 Å². The molecule has 0 bridgehead atoms. The predicted molar refractivity (Wildman–Crippen MR) is 60.3 cm³/mol. The molecule has 14 heavy (non-hydrogen) atoms. The largest absolute Gasteiger partial charge is 0.300 e. The third kappa shape index (κ3) is 5.18. The molecule has 0 unspecified atom stereocenters. The number of hydrogen-bond donors (Lipinski definition) is 1. The molecule has 0 aliphatic heterocycles. The van der Waals surface area contributed by atoms with Crippen LogP contribution in [0.3, 0.4) is 0 Å². The van der Waals surface area contributed by atoms with Gasteiger partial charge in [-0.2, -0.15) is 0 Å². The van der Waals surface area contributed by atoms with Gasteiger partial charge in [0.05, 0.1) is 13.1 Å². The molecular formula is C12H24NO+. The summed E-state index contributed by atoms with van der Waals surface area (Å²) >= 11 is 0. The molecule has 0 radical (unpaired) electrons. The molecule has 0 atom stereocenters.